The summed E-state index contributed by atoms with van der Waals surface area (Å²) in [6, 6.07) is -0.825. The van der Waals surface area contributed by atoms with Gasteiger partial charge in [-0.15, -0.1) is 0 Å². The lowest BCUT2D eigenvalue weighted by Gasteiger charge is -2.46. The van der Waals surface area contributed by atoms with Gasteiger partial charge in [-0.1, -0.05) is 373 Å². The van der Waals surface area contributed by atoms with Gasteiger partial charge in [-0.3, -0.25) is 4.79 Å². The van der Waals surface area contributed by atoms with Gasteiger partial charge in [0.1, 0.15) is 48.8 Å². The van der Waals surface area contributed by atoms with E-state index in [1.54, 1.807) is 0 Å². The summed E-state index contributed by atoms with van der Waals surface area (Å²) < 4.78 is 23.0. The summed E-state index contributed by atoms with van der Waals surface area (Å²) in [6.07, 6.45) is 60.0. The Labute approximate surface area is 559 Å². The Kier molecular flexibility index (Phi) is 59.1. The Hall–Kier alpha value is -1.01. The minimum Gasteiger partial charge on any atom is -0.394 e. The molecule has 0 aromatic rings. The summed E-state index contributed by atoms with van der Waals surface area (Å²) in [6.45, 7) is 2.95. The Balaban J connectivity index is 1.61. The Morgan fingerprint density at radius 2 is 0.626 bits per heavy atom. The van der Waals surface area contributed by atoms with Crippen LogP contribution in [0.1, 0.15) is 393 Å². The molecular formula is C77H151NO13. The van der Waals surface area contributed by atoms with Crippen LogP contribution in [0, 0.1) is 0 Å². The number of hydrogen-bond donors (Lipinski definition) is 9. The maximum Gasteiger partial charge on any atom is 0.220 e. The quantitative estimate of drug-likeness (QED) is 0.0259. The molecule has 0 bridgehead atoms. The van der Waals surface area contributed by atoms with Crippen molar-refractivity contribution in [3.63, 3.8) is 0 Å². The van der Waals surface area contributed by atoms with Gasteiger partial charge in [0.2, 0.25) is 5.91 Å². The fraction of sp³-hybridized carbons (Fsp3) is 0.987. The zero-order valence-corrected chi connectivity index (χ0v) is 59.4. The molecule has 14 nitrogen and oxygen atoms in total. The van der Waals surface area contributed by atoms with E-state index in [4.69, 9.17) is 18.9 Å². The molecule has 91 heavy (non-hydrogen) atoms. The number of nitrogens with one attached hydrogen (secondary N) is 1. The van der Waals surface area contributed by atoms with Crippen molar-refractivity contribution in [2.75, 3.05) is 19.8 Å². The molecule has 0 aromatic carbocycles. The fourth-order valence-electron chi connectivity index (χ4n) is 13.8. The second-order valence-electron chi connectivity index (χ2n) is 28.6. The van der Waals surface area contributed by atoms with Gasteiger partial charge in [-0.05, 0) is 12.8 Å². The summed E-state index contributed by atoms with van der Waals surface area (Å²) in [5.41, 5.74) is 0. The molecule has 0 radical (unpaired) electrons. The van der Waals surface area contributed by atoms with Crippen LogP contribution in [0.25, 0.3) is 0 Å². The summed E-state index contributed by atoms with van der Waals surface area (Å²) in [7, 11) is 0. The molecule has 1 amide bonds. The van der Waals surface area contributed by atoms with Crippen molar-refractivity contribution in [1.29, 1.82) is 0 Å². The second-order valence-corrected chi connectivity index (χ2v) is 28.6. The van der Waals surface area contributed by atoms with E-state index in [1.807, 2.05) is 0 Å². The first-order valence-corrected chi connectivity index (χ1v) is 39.8. The second kappa shape index (κ2) is 62.5. The van der Waals surface area contributed by atoms with Crippen molar-refractivity contribution in [2.24, 2.45) is 0 Å². The molecule has 542 valence electrons. The number of amides is 1. The number of ether oxygens (including phenoxy) is 4. The monoisotopic (exact) mass is 1300 g/mol. The van der Waals surface area contributed by atoms with E-state index in [-0.39, 0.29) is 12.5 Å². The standard InChI is InChI=1S/C77H151NO13/c1-3-5-7-9-11-13-15-17-19-21-23-25-27-29-31-32-33-34-35-36-38-40-42-44-46-48-50-52-54-56-58-60-66(81)65(64-88-76-74(87)72(85)75(68(63-80)90-76)91-77-73(86)71(84)70(83)67(62-79)89-77)78-69(82)61-59-57-55-53-51-49-47-45-43-41-39-37-30-28-26-24-22-20-18-16-14-12-10-8-6-4-2/h65-68,70-77,79-81,83-87H,3-64H2,1-2H3,(H,78,82). The van der Waals surface area contributed by atoms with Gasteiger partial charge in [-0.25, -0.2) is 0 Å². The summed E-state index contributed by atoms with van der Waals surface area (Å²) in [4.78, 5) is 13.4. The van der Waals surface area contributed by atoms with Gasteiger partial charge >= 0.3 is 0 Å². The number of aliphatic hydroxyl groups is 8. The number of rotatable bonds is 68. The molecule has 2 aliphatic rings. The molecule has 9 N–H and O–H groups in total. The highest BCUT2D eigenvalue weighted by Gasteiger charge is 2.51. The number of carbonyl (C=O) groups excluding carboxylic acids is 1. The lowest BCUT2D eigenvalue weighted by Crippen LogP contribution is -2.65. The third-order valence-corrected chi connectivity index (χ3v) is 20.1. The minimum absolute atomic E-state index is 0.195. The SMILES string of the molecule is CCCCCCCCCCCCCCCCCCCCCCCCCCCCCCCCCC(O)C(COC1OC(CO)C(OC2OC(CO)C(O)C(O)C2O)C(O)C1O)NC(=O)CCCCCCCCCCCCCCCCCCCCCCCCCCCC. The van der Waals surface area contributed by atoms with Gasteiger partial charge in [0.15, 0.2) is 12.6 Å². The zero-order valence-electron chi connectivity index (χ0n) is 59.4. The summed E-state index contributed by atoms with van der Waals surface area (Å²) >= 11 is 0. The summed E-state index contributed by atoms with van der Waals surface area (Å²) in [5, 5.41) is 87.8. The molecule has 12 unspecified atom stereocenters. The number of unbranched alkanes of at least 4 members (excludes halogenated alkanes) is 55. The topological polar surface area (TPSA) is 228 Å². The predicted molar refractivity (Wildman–Crippen MR) is 374 cm³/mol. The number of aliphatic hydroxyl groups excluding tert-OH is 8. The molecule has 0 spiro atoms. The van der Waals surface area contributed by atoms with Crippen molar-refractivity contribution in [1.82, 2.24) is 5.32 Å². The molecule has 2 aliphatic heterocycles. The number of hydrogen-bond acceptors (Lipinski definition) is 13. The molecule has 2 heterocycles. The highest BCUT2D eigenvalue weighted by molar-refractivity contribution is 5.76. The van der Waals surface area contributed by atoms with Gasteiger partial charge in [-0.2, -0.15) is 0 Å². The first-order chi connectivity index (χ1) is 44.6. The highest BCUT2D eigenvalue weighted by atomic mass is 16.7. The van der Waals surface area contributed by atoms with Crippen molar-refractivity contribution >= 4 is 5.91 Å². The van der Waals surface area contributed by atoms with E-state index in [1.165, 1.54) is 315 Å². The Bertz CT molecular complexity index is 1530. The number of carbonyl (C=O) groups is 1. The largest absolute Gasteiger partial charge is 0.394 e. The van der Waals surface area contributed by atoms with Crippen molar-refractivity contribution < 1.29 is 64.6 Å². The summed E-state index contributed by atoms with van der Waals surface area (Å²) in [5.74, 6) is -0.195. The van der Waals surface area contributed by atoms with E-state index < -0.39 is 86.8 Å². The van der Waals surface area contributed by atoms with E-state index in [2.05, 4.69) is 19.2 Å². The predicted octanol–water partition coefficient (Wildman–Crippen LogP) is 17.5. The normalized spacial score (nSPS) is 22.7. The zero-order chi connectivity index (χ0) is 65.9. The van der Waals surface area contributed by atoms with Crippen LogP contribution in [0.3, 0.4) is 0 Å². The lowest BCUT2D eigenvalue weighted by molar-refractivity contribution is -0.359. The average Bonchev–Trinajstić information content (AvgIpc) is 0.993. The van der Waals surface area contributed by atoms with E-state index in [0.717, 1.165) is 51.4 Å². The lowest BCUT2D eigenvalue weighted by atomic mass is 9.97. The van der Waals surface area contributed by atoms with Crippen molar-refractivity contribution in [2.45, 2.75) is 466 Å². The molecule has 14 heteroatoms. The first-order valence-electron chi connectivity index (χ1n) is 39.8. The maximum atomic E-state index is 13.4. The van der Waals surface area contributed by atoms with Gasteiger partial charge in [0, 0.05) is 6.42 Å². The molecule has 0 aromatic heterocycles. The Morgan fingerprint density at radius 3 is 0.934 bits per heavy atom. The fourth-order valence-corrected chi connectivity index (χ4v) is 13.8. The van der Waals surface area contributed by atoms with Crippen LogP contribution in [-0.4, -0.2) is 140 Å². The van der Waals surface area contributed by atoms with E-state index in [0.29, 0.717) is 12.8 Å². The molecule has 0 aliphatic carbocycles. The molecule has 2 rings (SSSR count). The van der Waals surface area contributed by atoms with Crippen LogP contribution in [0.4, 0.5) is 0 Å². The molecular weight excluding hydrogens is 1150 g/mol. The van der Waals surface area contributed by atoms with Gasteiger partial charge < -0.3 is 65.1 Å². The smallest absolute Gasteiger partial charge is 0.220 e. The van der Waals surface area contributed by atoms with Gasteiger partial charge in [0.25, 0.3) is 0 Å². The third-order valence-electron chi connectivity index (χ3n) is 20.1. The van der Waals surface area contributed by atoms with Gasteiger partial charge in [0.05, 0.1) is 32.0 Å². The van der Waals surface area contributed by atoms with Crippen LogP contribution in [0.5, 0.6) is 0 Å². The van der Waals surface area contributed by atoms with Crippen molar-refractivity contribution in [3.05, 3.63) is 0 Å². The highest BCUT2D eigenvalue weighted by Crippen LogP contribution is 2.31. The molecule has 2 fully saturated rings. The van der Waals surface area contributed by atoms with Crippen LogP contribution >= 0.6 is 0 Å². The van der Waals surface area contributed by atoms with Crippen molar-refractivity contribution in [3.8, 4) is 0 Å². The third kappa shape index (κ3) is 46.0. The Morgan fingerprint density at radius 1 is 0.352 bits per heavy atom. The van der Waals surface area contributed by atoms with E-state index >= 15 is 0 Å². The molecule has 12 atom stereocenters. The van der Waals surface area contributed by atoms with Crippen LogP contribution in [0.15, 0.2) is 0 Å². The van der Waals surface area contributed by atoms with Crippen LogP contribution in [-0.2, 0) is 23.7 Å². The molecule has 2 saturated heterocycles. The maximum absolute atomic E-state index is 13.4. The average molecular weight is 1300 g/mol. The van der Waals surface area contributed by atoms with Crippen LogP contribution in [0.2, 0.25) is 0 Å². The molecule has 0 saturated carbocycles. The van der Waals surface area contributed by atoms with Crippen LogP contribution < -0.4 is 5.32 Å². The minimum atomic E-state index is -1.78. The van der Waals surface area contributed by atoms with E-state index in [9.17, 15) is 45.6 Å². The first kappa shape index (κ1) is 86.1.